The molecule has 0 aromatic carbocycles. The highest BCUT2D eigenvalue weighted by Gasteiger charge is 2.24. The third kappa shape index (κ3) is 2.84. The van der Waals surface area contributed by atoms with Crippen molar-refractivity contribution in [2.75, 3.05) is 24.5 Å². The van der Waals surface area contributed by atoms with Gasteiger partial charge in [0, 0.05) is 26.2 Å². The number of anilines is 1. The van der Waals surface area contributed by atoms with Gasteiger partial charge in [0.1, 0.15) is 5.69 Å². The Morgan fingerprint density at radius 1 is 1.61 bits per heavy atom. The Balaban J connectivity index is 2.33. The van der Waals surface area contributed by atoms with Crippen molar-refractivity contribution in [3.05, 3.63) is 21.6 Å². The molecule has 1 aliphatic rings. The van der Waals surface area contributed by atoms with Crippen LogP contribution in [-0.4, -0.2) is 29.4 Å². The van der Waals surface area contributed by atoms with Crippen LogP contribution in [-0.2, 0) is 6.54 Å². The molecule has 1 heterocycles. The Labute approximate surface area is 112 Å². The molecule has 1 aromatic heterocycles. The minimum atomic E-state index is -0.107. The summed E-state index contributed by atoms with van der Waals surface area (Å²) in [4.78, 5) is 14.3. The summed E-state index contributed by atoms with van der Waals surface area (Å²) in [7, 11) is 0. The van der Waals surface area contributed by atoms with Crippen LogP contribution in [0.25, 0.3) is 0 Å². The van der Waals surface area contributed by atoms with Crippen LogP contribution in [0.15, 0.2) is 11.0 Å². The Hall–Kier alpha value is -1.07. The highest BCUT2D eigenvalue weighted by Crippen LogP contribution is 2.30. The normalized spacial score (nSPS) is 14.8. The maximum absolute atomic E-state index is 12.4. The van der Waals surface area contributed by atoms with Crippen LogP contribution in [0.5, 0.6) is 0 Å². The number of likely N-dealkylation sites (N-methyl/N-ethyl adjacent to an activating group) is 1. The van der Waals surface area contributed by atoms with Crippen molar-refractivity contribution >= 4 is 17.3 Å². The highest BCUT2D eigenvalue weighted by atomic mass is 35.5. The summed E-state index contributed by atoms with van der Waals surface area (Å²) >= 11 is 6.10. The van der Waals surface area contributed by atoms with E-state index in [-0.39, 0.29) is 5.56 Å². The number of hydrogen-bond acceptors (Lipinski definition) is 4. The van der Waals surface area contributed by atoms with Crippen molar-refractivity contribution in [2.24, 2.45) is 11.7 Å². The van der Waals surface area contributed by atoms with Crippen LogP contribution in [0, 0.1) is 5.92 Å². The van der Waals surface area contributed by atoms with E-state index in [1.165, 1.54) is 17.5 Å². The molecule has 1 aliphatic carbocycles. The van der Waals surface area contributed by atoms with E-state index in [0.717, 1.165) is 0 Å². The van der Waals surface area contributed by atoms with Gasteiger partial charge in [-0.2, -0.15) is 5.10 Å². The molecular weight excluding hydrogens is 252 g/mol. The molecule has 1 aromatic rings. The van der Waals surface area contributed by atoms with Crippen LogP contribution in [0.1, 0.15) is 19.8 Å². The molecule has 0 saturated heterocycles. The van der Waals surface area contributed by atoms with E-state index in [4.69, 9.17) is 17.3 Å². The molecule has 2 rings (SSSR count). The Morgan fingerprint density at radius 3 is 2.89 bits per heavy atom. The molecule has 100 valence electrons. The number of nitrogens with zero attached hydrogens (tertiary/aromatic N) is 3. The average Bonchev–Trinajstić information content (AvgIpc) is 3.16. The van der Waals surface area contributed by atoms with Gasteiger partial charge in [0.25, 0.3) is 5.56 Å². The topological polar surface area (TPSA) is 64.2 Å². The van der Waals surface area contributed by atoms with Gasteiger partial charge in [-0.25, -0.2) is 4.68 Å². The molecule has 1 fully saturated rings. The van der Waals surface area contributed by atoms with Crippen molar-refractivity contribution in [1.82, 2.24) is 9.78 Å². The van der Waals surface area contributed by atoms with E-state index in [0.29, 0.717) is 42.8 Å². The second-order valence-electron chi connectivity index (χ2n) is 4.64. The third-order valence-corrected chi connectivity index (χ3v) is 3.48. The van der Waals surface area contributed by atoms with Crippen molar-refractivity contribution in [3.8, 4) is 0 Å². The summed E-state index contributed by atoms with van der Waals surface area (Å²) in [5.74, 6) is 0.605. The maximum atomic E-state index is 12.4. The van der Waals surface area contributed by atoms with Gasteiger partial charge in [0.05, 0.1) is 11.2 Å². The molecule has 2 N–H and O–H groups in total. The van der Waals surface area contributed by atoms with Crippen molar-refractivity contribution in [3.63, 3.8) is 0 Å². The van der Waals surface area contributed by atoms with Crippen LogP contribution >= 0.6 is 11.6 Å². The molecule has 0 atom stereocenters. The first-order chi connectivity index (χ1) is 8.67. The number of halogens is 1. The fraction of sp³-hybridized carbons (Fsp3) is 0.667. The van der Waals surface area contributed by atoms with Gasteiger partial charge in [-0.3, -0.25) is 4.79 Å². The monoisotopic (exact) mass is 270 g/mol. The Kier molecular flexibility index (Phi) is 4.24. The maximum Gasteiger partial charge on any atom is 0.291 e. The lowest BCUT2D eigenvalue weighted by molar-refractivity contribution is 0.532. The predicted octanol–water partition coefficient (Wildman–Crippen LogP) is 1.09. The fourth-order valence-corrected chi connectivity index (χ4v) is 2.25. The molecule has 0 bridgehead atoms. The number of nitrogens with two attached hydrogens (primary N) is 1. The molecule has 0 radical (unpaired) electrons. The van der Waals surface area contributed by atoms with Crippen molar-refractivity contribution in [1.29, 1.82) is 0 Å². The zero-order valence-electron chi connectivity index (χ0n) is 10.6. The summed E-state index contributed by atoms with van der Waals surface area (Å²) < 4.78 is 1.53. The molecule has 5 nitrogen and oxygen atoms in total. The molecule has 0 amide bonds. The zero-order chi connectivity index (χ0) is 13.1. The Bertz CT molecular complexity index is 470. The lowest BCUT2D eigenvalue weighted by Gasteiger charge is -2.23. The molecule has 1 saturated carbocycles. The number of rotatable bonds is 6. The standard InChI is InChI=1S/C12H19ClN4O/c1-2-16(6-5-14)11-10(13)7-15-17(12(11)18)8-9-3-4-9/h7,9H,2-6,8,14H2,1H3. The first-order valence-corrected chi connectivity index (χ1v) is 6.75. The van der Waals surface area contributed by atoms with Gasteiger partial charge < -0.3 is 10.6 Å². The highest BCUT2D eigenvalue weighted by molar-refractivity contribution is 6.33. The predicted molar refractivity (Wildman–Crippen MR) is 73.2 cm³/mol. The molecule has 0 spiro atoms. The fourth-order valence-electron chi connectivity index (χ4n) is 2.00. The average molecular weight is 271 g/mol. The Morgan fingerprint density at radius 2 is 2.33 bits per heavy atom. The zero-order valence-corrected chi connectivity index (χ0v) is 11.4. The van der Waals surface area contributed by atoms with Gasteiger partial charge in [-0.15, -0.1) is 0 Å². The minimum Gasteiger partial charge on any atom is -0.365 e. The number of hydrogen-bond donors (Lipinski definition) is 1. The van der Waals surface area contributed by atoms with E-state index >= 15 is 0 Å². The van der Waals surface area contributed by atoms with Gasteiger partial charge in [-0.1, -0.05) is 11.6 Å². The van der Waals surface area contributed by atoms with E-state index in [9.17, 15) is 4.79 Å². The summed E-state index contributed by atoms with van der Waals surface area (Å²) in [5, 5.41) is 4.51. The van der Waals surface area contributed by atoms with Crippen LogP contribution < -0.4 is 16.2 Å². The largest absolute Gasteiger partial charge is 0.365 e. The van der Waals surface area contributed by atoms with Crippen LogP contribution in [0.3, 0.4) is 0 Å². The van der Waals surface area contributed by atoms with E-state index in [2.05, 4.69) is 5.10 Å². The summed E-state index contributed by atoms with van der Waals surface area (Å²) in [6, 6.07) is 0. The first-order valence-electron chi connectivity index (χ1n) is 6.38. The molecule has 6 heteroatoms. The summed E-state index contributed by atoms with van der Waals surface area (Å²) in [5.41, 5.74) is 5.98. The van der Waals surface area contributed by atoms with Crippen molar-refractivity contribution in [2.45, 2.75) is 26.3 Å². The lowest BCUT2D eigenvalue weighted by Crippen LogP contribution is -2.36. The van der Waals surface area contributed by atoms with Crippen molar-refractivity contribution < 1.29 is 0 Å². The third-order valence-electron chi connectivity index (χ3n) is 3.20. The minimum absolute atomic E-state index is 0.107. The van der Waals surface area contributed by atoms with Gasteiger partial charge in [0.15, 0.2) is 0 Å². The smallest absolute Gasteiger partial charge is 0.291 e. The quantitative estimate of drug-likeness (QED) is 0.841. The lowest BCUT2D eigenvalue weighted by atomic mass is 10.3. The van der Waals surface area contributed by atoms with Gasteiger partial charge in [-0.05, 0) is 25.7 Å². The molecular formula is C12H19ClN4O. The van der Waals surface area contributed by atoms with E-state index < -0.39 is 0 Å². The van der Waals surface area contributed by atoms with Gasteiger partial charge >= 0.3 is 0 Å². The number of aromatic nitrogens is 2. The van der Waals surface area contributed by atoms with Crippen LogP contribution in [0.2, 0.25) is 5.02 Å². The van der Waals surface area contributed by atoms with E-state index in [1.54, 1.807) is 6.20 Å². The molecule has 18 heavy (non-hydrogen) atoms. The second kappa shape index (κ2) is 5.71. The summed E-state index contributed by atoms with van der Waals surface area (Å²) in [6.45, 7) is 4.51. The second-order valence-corrected chi connectivity index (χ2v) is 5.05. The summed E-state index contributed by atoms with van der Waals surface area (Å²) in [6.07, 6.45) is 3.93. The molecule has 0 aliphatic heterocycles. The van der Waals surface area contributed by atoms with Crippen LogP contribution in [0.4, 0.5) is 5.69 Å². The molecule has 0 unspecified atom stereocenters. The SMILES string of the molecule is CCN(CCN)c1c(Cl)cnn(CC2CC2)c1=O. The van der Waals surface area contributed by atoms with Gasteiger partial charge in [0.2, 0.25) is 0 Å². The first kappa shape index (κ1) is 13.4. The van der Waals surface area contributed by atoms with E-state index in [1.807, 2.05) is 11.8 Å².